The Bertz CT molecular complexity index is 3660. The standard InChI is InChI=1S/C31H20ClF2OS2.C28H12BF16O4/c32-23-3-1-2-22(20-23)31(35)21-4-10-26(11-5-21)36-27-12-18-30(19-13-27)37(28-14-6-24(33)7-15-28)29-16-8-25(34)9-17-29;1-46-25-17(38)9(30)5(10(31)18(25)39)29(6-11(32)19(40)26(47-2)20(41)12(6)33,7-13(34)21(42)27(48-3)22(43)14(7)35)8-15(36)23(44)28(49-4)24(45)16(8)37/h1-20H;1-4H3/q+1;-1. The molecule has 0 saturated carbocycles. The largest absolute Gasteiger partial charge is 0.491 e. The Hall–Kier alpha value is -8.36. The molecule has 0 spiro atoms. The normalized spacial score (nSPS) is 11.4. The highest BCUT2D eigenvalue weighted by molar-refractivity contribution is 7.99. The van der Waals surface area contributed by atoms with E-state index in [0.29, 0.717) is 44.6 Å². The maximum atomic E-state index is 16.1. The van der Waals surface area contributed by atoms with E-state index in [-0.39, 0.29) is 17.4 Å². The fraction of sp³-hybridized carbons (Fsp3) is 0.0678. The number of hydrogen-bond donors (Lipinski definition) is 0. The molecule has 86 heavy (non-hydrogen) atoms. The summed E-state index contributed by atoms with van der Waals surface area (Å²) in [6.45, 7) is 0. The molecule has 9 rings (SSSR count). The zero-order valence-electron chi connectivity index (χ0n) is 43.7. The van der Waals surface area contributed by atoms with Gasteiger partial charge in [-0.3, -0.25) is 4.79 Å². The van der Waals surface area contributed by atoms with Crippen LogP contribution >= 0.6 is 23.4 Å². The SMILES string of the molecule is COc1c(F)c(F)c([B-](c2c(F)c(F)c(OC)c(F)c2F)(c2c(F)c(F)c(OC)c(F)c2F)c2c(F)c(F)c(OC)c(F)c2F)c(F)c1F.O=C(c1ccc(Sc2ccc([S+](c3ccc(F)cc3)c3ccc(F)cc3)cc2)cc1)c1cccc(Cl)c1. The summed E-state index contributed by atoms with van der Waals surface area (Å²) in [6, 6.07) is 35.5. The van der Waals surface area contributed by atoms with E-state index in [9.17, 15) is 13.6 Å². The first-order valence-corrected chi connectivity index (χ1v) is 26.4. The molecule has 0 aliphatic carbocycles. The molecule has 0 amide bonds. The van der Waals surface area contributed by atoms with Crippen LogP contribution in [0.3, 0.4) is 0 Å². The lowest BCUT2D eigenvalue weighted by Crippen LogP contribution is -2.81. The number of carbonyl (C=O) groups is 1. The molecule has 9 aromatic rings. The van der Waals surface area contributed by atoms with Crippen molar-refractivity contribution in [2.24, 2.45) is 0 Å². The molecule has 0 N–H and O–H groups in total. The molecule has 27 heteroatoms. The number of methoxy groups -OCH3 is 4. The lowest BCUT2D eigenvalue weighted by Gasteiger charge is -2.45. The summed E-state index contributed by atoms with van der Waals surface area (Å²) >= 11 is 7.61. The van der Waals surface area contributed by atoms with Crippen LogP contribution in [-0.4, -0.2) is 40.4 Å². The van der Waals surface area contributed by atoms with Gasteiger partial charge in [-0.2, -0.15) is 35.1 Å². The third-order valence-electron chi connectivity index (χ3n) is 13.2. The van der Waals surface area contributed by atoms with E-state index in [1.807, 2.05) is 36.4 Å². The molecule has 0 fully saturated rings. The molecule has 0 unspecified atom stereocenters. The smallest absolute Gasteiger partial charge is 0.200 e. The summed E-state index contributed by atoms with van der Waals surface area (Å²) in [6.07, 6.45) is -6.80. The van der Waals surface area contributed by atoms with Crippen molar-refractivity contribution >= 4 is 68.0 Å². The van der Waals surface area contributed by atoms with E-state index >= 15 is 70.2 Å². The maximum absolute atomic E-state index is 16.1. The van der Waals surface area contributed by atoms with Crippen LogP contribution in [0.15, 0.2) is 146 Å². The van der Waals surface area contributed by atoms with E-state index < -0.39 is 155 Å². The number of benzene rings is 9. The summed E-state index contributed by atoms with van der Waals surface area (Å²) in [5, 5.41) is 0.531. The number of hydrogen-bond acceptors (Lipinski definition) is 6. The van der Waals surface area contributed by atoms with Crippen LogP contribution in [0.1, 0.15) is 15.9 Å². The molecule has 5 nitrogen and oxygen atoms in total. The quantitative estimate of drug-likeness (QED) is 0.0335. The van der Waals surface area contributed by atoms with E-state index in [2.05, 4.69) is 31.1 Å². The molecule has 0 heterocycles. The average Bonchev–Trinajstić information content (AvgIpc) is 0.693. The second-order valence-corrected chi connectivity index (χ2v) is 21.4. The molecular weight excluding hydrogens is 1240 g/mol. The Kier molecular flexibility index (Phi) is 19.0. The lowest BCUT2D eigenvalue weighted by atomic mass is 9.12. The Morgan fingerprint density at radius 1 is 0.360 bits per heavy atom. The first kappa shape index (κ1) is 63.7. The molecule has 0 aliphatic rings. The first-order chi connectivity index (χ1) is 40.8. The van der Waals surface area contributed by atoms with Crippen molar-refractivity contribution in [3.05, 3.63) is 242 Å². The molecule has 0 bridgehead atoms. The number of carbonyl (C=O) groups excluding carboxylic acids is 1. The summed E-state index contributed by atoms with van der Waals surface area (Å²) in [4.78, 5) is 17.7. The fourth-order valence-electron chi connectivity index (χ4n) is 9.42. The van der Waals surface area contributed by atoms with Crippen molar-refractivity contribution in [2.45, 2.75) is 24.5 Å². The zero-order valence-corrected chi connectivity index (χ0v) is 46.1. The highest BCUT2D eigenvalue weighted by atomic mass is 35.5. The molecule has 0 aromatic heterocycles. The summed E-state index contributed by atoms with van der Waals surface area (Å²) in [7, 11) is 0.802. The van der Waals surface area contributed by atoms with E-state index in [1.54, 1.807) is 60.3 Å². The van der Waals surface area contributed by atoms with Gasteiger partial charge in [0.25, 0.3) is 0 Å². The average molecular weight is 1270 g/mol. The number of ketones is 1. The van der Waals surface area contributed by atoms with Crippen LogP contribution in [0, 0.1) is 105 Å². The highest BCUT2D eigenvalue weighted by Gasteiger charge is 2.52. The molecule has 0 saturated heterocycles. The third-order valence-corrected chi connectivity index (χ3v) is 16.7. The van der Waals surface area contributed by atoms with Gasteiger partial charge >= 0.3 is 0 Å². The minimum absolute atomic E-state index is 0.0722. The van der Waals surface area contributed by atoms with Crippen molar-refractivity contribution in [1.82, 2.24) is 0 Å². The fourth-order valence-corrected chi connectivity index (χ4v) is 12.5. The van der Waals surface area contributed by atoms with Gasteiger partial charge < -0.3 is 18.9 Å². The Balaban J connectivity index is 0.000000232. The molecule has 9 aromatic carbocycles. The molecule has 0 atom stereocenters. The molecule has 446 valence electrons. The van der Waals surface area contributed by atoms with Crippen LogP contribution in [0.25, 0.3) is 0 Å². The second-order valence-electron chi connectivity index (χ2n) is 17.8. The Morgan fingerprint density at radius 2 is 0.628 bits per heavy atom. The number of ether oxygens (including phenoxy) is 4. The van der Waals surface area contributed by atoms with Gasteiger partial charge in [0.15, 0.2) is 43.5 Å². The Morgan fingerprint density at radius 3 is 0.895 bits per heavy atom. The summed E-state index contributed by atoms with van der Waals surface area (Å²) < 4.78 is 294. The Labute approximate surface area is 486 Å². The predicted molar refractivity (Wildman–Crippen MR) is 282 cm³/mol. The third kappa shape index (κ3) is 11.2. The van der Waals surface area contributed by atoms with Crippen molar-refractivity contribution in [1.29, 1.82) is 0 Å². The predicted octanol–water partition coefficient (Wildman–Crippen LogP) is 14.4. The van der Waals surface area contributed by atoms with Crippen LogP contribution < -0.4 is 40.8 Å². The van der Waals surface area contributed by atoms with Gasteiger partial charge in [0.1, 0.15) is 64.3 Å². The van der Waals surface area contributed by atoms with Crippen molar-refractivity contribution in [2.75, 3.05) is 28.4 Å². The molecular formula is C59H32BClF18O5S2. The van der Waals surface area contributed by atoms with Gasteiger partial charge in [-0.15, -0.1) is 21.9 Å². The second kappa shape index (κ2) is 25.7. The van der Waals surface area contributed by atoms with Crippen molar-refractivity contribution in [3.8, 4) is 23.0 Å². The van der Waals surface area contributed by atoms with Gasteiger partial charge in [-0.05, 0) is 109 Å². The topological polar surface area (TPSA) is 54.0 Å². The zero-order chi connectivity index (χ0) is 63.0. The van der Waals surface area contributed by atoms with Gasteiger partial charge in [0, 0.05) is 25.9 Å². The molecule has 0 aliphatic heterocycles. The van der Waals surface area contributed by atoms with Gasteiger partial charge in [-0.25, -0.2) is 43.9 Å². The van der Waals surface area contributed by atoms with Crippen molar-refractivity contribution in [3.63, 3.8) is 0 Å². The summed E-state index contributed by atoms with van der Waals surface area (Å²) in [5.74, 6) is -58.4. The highest BCUT2D eigenvalue weighted by Crippen LogP contribution is 2.38. The van der Waals surface area contributed by atoms with E-state index in [0.717, 1.165) is 24.5 Å². The van der Waals surface area contributed by atoms with Gasteiger partial charge in [-0.1, -0.05) is 35.5 Å². The number of halogens is 19. The van der Waals surface area contributed by atoms with Crippen LogP contribution in [-0.2, 0) is 10.9 Å². The van der Waals surface area contributed by atoms with Crippen LogP contribution in [0.5, 0.6) is 23.0 Å². The van der Waals surface area contributed by atoms with E-state index in [1.165, 1.54) is 24.3 Å². The molecule has 0 radical (unpaired) electrons. The van der Waals surface area contributed by atoms with Crippen molar-refractivity contribution < 1.29 is 103 Å². The van der Waals surface area contributed by atoms with Gasteiger partial charge in [0.05, 0.1) is 39.3 Å². The first-order valence-electron chi connectivity index (χ1n) is 24.0. The number of rotatable bonds is 15. The van der Waals surface area contributed by atoms with Crippen LogP contribution in [0.4, 0.5) is 79.0 Å². The monoisotopic (exact) mass is 1270 g/mol. The van der Waals surface area contributed by atoms with Crippen LogP contribution in [0.2, 0.25) is 5.02 Å². The minimum atomic E-state index is -6.80. The van der Waals surface area contributed by atoms with Gasteiger partial charge in [0.2, 0.25) is 46.5 Å². The van der Waals surface area contributed by atoms with E-state index in [4.69, 9.17) is 11.6 Å². The lowest BCUT2D eigenvalue weighted by molar-refractivity contribution is 0.103. The summed E-state index contributed by atoms with van der Waals surface area (Å²) in [5.41, 5.74) is -11.4. The minimum Gasteiger partial charge on any atom is -0.491 e. The maximum Gasteiger partial charge on any atom is 0.200 e.